The minimum Gasteiger partial charge on any atom is -0.313 e. The van der Waals surface area contributed by atoms with Gasteiger partial charge in [-0.15, -0.1) is 0 Å². The second kappa shape index (κ2) is 6.25. The fourth-order valence-electron chi connectivity index (χ4n) is 2.26. The van der Waals surface area contributed by atoms with Crippen molar-refractivity contribution < 1.29 is 0 Å². The molecule has 102 valence electrons. The van der Waals surface area contributed by atoms with Gasteiger partial charge in [-0.05, 0) is 30.7 Å². The fourth-order valence-corrected chi connectivity index (χ4v) is 2.26. The topological polar surface area (TPSA) is 66.5 Å². The number of hydrogen-bond acceptors (Lipinski definition) is 4. The van der Waals surface area contributed by atoms with Gasteiger partial charge < -0.3 is 5.32 Å². The van der Waals surface area contributed by atoms with Crippen molar-refractivity contribution in [1.82, 2.24) is 25.5 Å². The maximum absolute atomic E-state index is 4.37. The largest absolute Gasteiger partial charge is 0.313 e. The number of pyridine rings is 1. The van der Waals surface area contributed by atoms with E-state index in [4.69, 9.17) is 0 Å². The van der Waals surface area contributed by atoms with Gasteiger partial charge in [-0.2, -0.15) is 5.10 Å². The predicted octanol–water partition coefficient (Wildman–Crippen LogP) is 2.08. The number of nitrogens with one attached hydrogen (secondary N) is 2. The smallest absolute Gasteiger partial charge is 0.137 e. The third-order valence-electron chi connectivity index (χ3n) is 3.29. The third kappa shape index (κ3) is 3.00. The molecule has 1 aromatic carbocycles. The minimum atomic E-state index is 0.861. The molecule has 3 aromatic rings. The number of rotatable bonds is 6. The average Bonchev–Trinajstić information content (AvgIpc) is 3.00. The van der Waals surface area contributed by atoms with Gasteiger partial charge in [-0.3, -0.25) is 10.1 Å². The summed E-state index contributed by atoms with van der Waals surface area (Å²) in [6.45, 7) is 1.82. The lowest BCUT2D eigenvalue weighted by atomic mass is 10.1. The van der Waals surface area contributed by atoms with Crippen molar-refractivity contribution in [2.24, 2.45) is 0 Å². The number of nitrogens with zero attached hydrogens (tertiary/aromatic N) is 3. The molecule has 0 radical (unpaired) electrons. The van der Waals surface area contributed by atoms with Crippen molar-refractivity contribution in [1.29, 1.82) is 0 Å². The van der Waals surface area contributed by atoms with E-state index < -0.39 is 0 Å². The molecule has 20 heavy (non-hydrogen) atoms. The van der Waals surface area contributed by atoms with E-state index in [2.05, 4.69) is 43.7 Å². The van der Waals surface area contributed by atoms with Gasteiger partial charge in [0.25, 0.3) is 0 Å². The molecule has 2 N–H and O–H groups in total. The van der Waals surface area contributed by atoms with Crippen molar-refractivity contribution >= 4 is 10.9 Å². The lowest BCUT2D eigenvalue weighted by molar-refractivity contribution is 0.641. The molecule has 2 heterocycles. The Morgan fingerprint density at radius 3 is 2.95 bits per heavy atom. The first-order valence-electron chi connectivity index (χ1n) is 6.81. The maximum Gasteiger partial charge on any atom is 0.137 e. The molecule has 0 fully saturated rings. The molecule has 0 bridgehead atoms. The average molecular weight is 267 g/mol. The van der Waals surface area contributed by atoms with Gasteiger partial charge in [0.2, 0.25) is 0 Å². The Balaban J connectivity index is 1.52. The number of aromatic amines is 1. The SMILES string of the molecule is c1ccc2c(CNCCCc3ncn[nH]3)ccnc2c1. The van der Waals surface area contributed by atoms with Crippen molar-refractivity contribution in [2.75, 3.05) is 6.54 Å². The number of aromatic nitrogens is 4. The second-order valence-corrected chi connectivity index (χ2v) is 4.70. The van der Waals surface area contributed by atoms with Crippen molar-refractivity contribution in [3.63, 3.8) is 0 Å². The van der Waals surface area contributed by atoms with Crippen LogP contribution in [0.25, 0.3) is 10.9 Å². The molecule has 3 rings (SSSR count). The summed E-state index contributed by atoms with van der Waals surface area (Å²) in [4.78, 5) is 8.48. The fraction of sp³-hybridized carbons (Fsp3) is 0.267. The van der Waals surface area contributed by atoms with Gasteiger partial charge in [0.05, 0.1) is 5.52 Å². The van der Waals surface area contributed by atoms with Crippen LogP contribution < -0.4 is 5.32 Å². The lowest BCUT2D eigenvalue weighted by Gasteiger charge is -2.07. The number of aryl methyl sites for hydroxylation is 1. The second-order valence-electron chi connectivity index (χ2n) is 4.70. The van der Waals surface area contributed by atoms with Gasteiger partial charge >= 0.3 is 0 Å². The highest BCUT2D eigenvalue weighted by atomic mass is 15.2. The van der Waals surface area contributed by atoms with Crippen molar-refractivity contribution in [3.8, 4) is 0 Å². The van der Waals surface area contributed by atoms with Gasteiger partial charge in [-0.25, -0.2) is 4.98 Å². The summed E-state index contributed by atoms with van der Waals surface area (Å²) in [5.41, 5.74) is 2.34. The van der Waals surface area contributed by atoms with E-state index >= 15 is 0 Å². The third-order valence-corrected chi connectivity index (χ3v) is 3.29. The quantitative estimate of drug-likeness (QED) is 0.671. The molecule has 0 spiro atoms. The standard InChI is InChI=1S/C15H17N5/c1-2-5-14-13(4-1)12(7-9-17-14)10-16-8-3-6-15-18-11-19-20-15/h1-2,4-5,7,9,11,16H,3,6,8,10H2,(H,18,19,20). The van der Waals surface area contributed by atoms with Crippen molar-refractivity contribution in [2.45, 2.75) is 19.4 Å². The molecule has 5 nitrogen and oxygen atoms in total. The summed E-state index contributed by atoms with van der Waals surface area (Å²) in [5.74, 6) is 0.946. The van der Waals surface area contributed by atoms with E-state index in [1.165, 1.54) is 10.9 Å². The van der Waals surface area contributed by atoms with Crippen LogP contribution in [-0.4, -0.2) is 26.7 Å². The number of fused-ring (bicyclic) bond motifs is 1. The van der Waals surface area contributed by atoms with Gasteiger partial charge in [0, 0.05) is 24.5 Å². The first kappa shape index (κ1) is 12.7. The molecule has 2 aromatic heterocycles. The summed E-state index contributed by atoms with van der Waals surface area (Å²) in [6, 6.07) is 10.3. The maximum atomic E-state index is 4.37. The summed E-state index contributed by atoms with van der Waals surface area (Å²) >= 11 is 0. The molecule has 0 aliphatic rings. The molecular formula is C15H17N5. The molecule has 0 unspecified atom stereocenters. The summed E-state index contributed by atoms with van der Waals surface area (Å²) in [7, 11) is 0. The Hall–Kier alpha value is -2.27. The van der Waals surface area contributed by atoms with Gasteiger partial charge in [0.15, 0.2) is 0 Å². The molecule has 5 heteroatoms. The van der Waals surface area contributed by atoms with Crippen LogP contribution in [-0.2, 0) is 13.0 Å². The molecule has 0 saturated carbocycles. The minimum absolute atomic E-state index is 0.861. The highest BCUT2D eigenvalue weighted by molar-refractivity contribution is 5.81. The van der Waals surface area contributed by atoms with Gasteiger partial charge in [-0.1, -0.05) is 18.2 Å². The first-order valence-corrected chi connectivity index (χ1v) is 6.81. The van der Waals surface area contributed by atoms with Crippen LogP contribution in [0.2, 0.25) is 0 Å². The van der Waals surface area contributed by atoms with E-state index in [-0.39, 0.29) is 0 Å². The van der Waals surface area contributed by atoms with E-state index in [0.717, 1.165) is 37.3 Å². The number of para-hydroxylation sites is 1. The summed E-state index contributed by atoms with van der Waals surface area (Å²) in [6.07, 6.45) is 5.38. The normalized spacial score (nSPS) is 11.0. The van der Waals surface area contributed by atoms with E-state index in [1.54, 1.807) is 6.33 Å². The molecular weight excluding hydrogens is 250 g/mol. The zero-order chi connectivity index (χ0) is 13.6. The number of H-pyrrole nitrogens is 1. The van der Waals surface area contributed by atoms with Crippen LogP contribution in [0.1, 0.15) is 17.8 Å². The summed E-state index contributed by atoms with van der Waals surface area (Å²) < 4.78 is 0. The Bertz CT molecular complexity index is 658. The van der Waals surface area contributed by atoms with Crippen LogP contribution in [0, 0.1) is 0 Å². The highest BCUT2D eigenvalue weighted by Gasteiger charge is 2.01. The molecule has 0 saturated heterocycles. The monoisotopic (exact) mass is 267 g/mol. The van der Waals surface area contributed by atoms with Crippen LogP contribution in [0.15, 0.2) is 42.9 Å². The van der Waals surface area contributed by atoms with Crippen LogP contribution in [0.4, 0.5) is 0 Å². The Kier molecular flexibility index (Phi) is 3.99. The zero-order valence-electron chi connectivity index (χ0n) is 11.2. The van der Waals surface area contributed by atoms with E-state index in [0.29, 0.717) is 0 Å². The summed E-state index contributed by atoms with van der Waals surface area (Å²) in [5, 5.41) is 11.4. The van der Waals surface area contributed by atoms with E-state index in [9.17, 15) is 0 Å². The van der Waals surface area contributed by atoms with Crippen LogP contribution in [0.5, 0.6) is 0 Å². The molecule has 0 atom stereocenters. The Morgan fingerprint density at radius 2 is 2.05 bits per heavy atom. The van der Waals surface area contributed by atoms with Gasteiger partial charge in [0.1, 0.15) is 12.2 Å². The lowest BCUT2D eigenvalue weighted by Crippen LogP contribution is -2.15. The van der Waals surface area contributed by atoms with E-state index in [1.807, 2.05) is 18.3 Å². The number of benzene rings is 1. The predicted molar refractivity (Wildman–Crippen MR) is 78.2 cm³/mol. The highest BCUT2D eigenvalue weighted by Crippen LogP contribution is 2.15. The first-order chi connectivity index (χ1) is 9.93. The van der Waals surface area contributed by atoms with Crippen LogP contribution in [0.3, 0.4) is 0 Å². The van der Waals surface area contributed by atoms with Crippen molar-refractivity contribution in [3.05, 3.63) is 54.2 Å². The number of hydrogen-bond donors (Lipinski definition) is 2. The molecule has 0 amide bonds. The molecule has 0 aliphatic heterocycles. The Morgan fingerprint density at radius 1 is 1.10 bits per heavy atom. The zero-order valence-corrected chi connectivity index (χ0v) is 11.2. The molecule has 0 aliphatic carbocycles. The Labute approximate surface area is 117 Å². The van der Waals surface area contributed by atoms with Crippen LogP contribution >= 0.6 is 0 Å².